The summed E-state index contributed by atoms with van der Waals surface area (Å²) in [6, 6.07) is 17.7. The number of hydrogen-bond acceptors (Lipinski definition) is 6. The van der Waals surface area contributed by atoms with Crippen LogP contribution in [0.1, 0.15) is 38.3 Å². The van der Waals surface area contributed by atoms with E-state index in [-0.39, 0.29) is 5.57 Å². The van der Waals surface area contributed by atoms with Crippen LogP contribution in [0.25, 0.3) is 10.6 Å². The predicted octanol–water partition coefficient (Wildman–Crippen LogP) is 6.11. The van der Waals surface area contributed by atoms with Gasteiger partial charge in [0.15, 0.2) is 5.76 Å². The largest absolute Gasteiger partial charge is 0.503 e. The average molecular weight is 471 g/mol. The first-order chi connectivity index (χ1) is 16.4. The third-order valence-corrected chi connectivity index (χ3v) is 7.26. The van der Waals surface area contributed by atoms with Crippen LogP contribution >= 0.6 is 11.3 Å². The molecule has 1 atom stereocenters. The van der Waals surface area contributed by atoms with Gasteiger partial charge in [0.1, 0.15) is 16.8 Å². The summed E-state index contributed by atoms with van der Waals surface area (Å²) in [5.41, 5.74) is 4.08. The second kappa shape index (κ2) is 8.43. The minimum absolute atomic E-state index is 0.00969. The molecule has 0 saturated carbocycles. The van der Waals surface area contributed by atoms with Crippen LogP contribution in [-0.2, 0) is 4.79 Å². The summed E-state index contributed by atoms with van der Waals surface area (Å²) in [6.07, 6.45) is 1.49. The number of aryl methyl sites for hydroxylation is 3. The molecule has 4 aromatic rings. The van der Waals surface area contributed by atoms with E-state index in [1.54, 1.807) is 19.1 Å². The topological polar surface area (TPSA) is 83.6 Å². The van der Waals surface area contributed by atoms with Crippen LogP contribution in [-0.4, -0.2) is 21.8 Å². The van der Waals surface area contributed by atoms with Gasteiger partial charge in [-0.05, 0) is 56.2 Å². The highest BCUT2D eigenvalue weighted by atomic mass is 32.1. The number of rotatable bonds is 5. The van der Waals surface area contributed by atoms with Gasteiger partial charge in [0.05, 0.1) is 22.4 Å². The Morgan fingerprint density at radius 3 is 2.47 bits per heavy atom. The maximum Gasteiger partial charge on any atom is 0.294 e. The molecule has 1 N–H and O–H groups in total. The van der Waals surface area contributed by atoms with Crippen LogP contribution in [0.15, 0.2) is 82.7 Å². The molecule has 2 aromatic heterocycles. The molecule has 0 bridgehead atoms. The summed E-state index contributed by atoms with van der Waals surface area (Å²) in [6.45, 7) is 5.69. The fraction of sp³-hybridized carbons (Fsp3) is 0.148. The molecule has 3 heterocycles. The lowest BCUT2D eigenvalue weighted by Gasteiger charge is -2.25. The second-order valence-corrected chi connectivity index (χ2v) is 9.25. The smallest absolute Gasteiger partial charge is 0.294 e. The lowest BCUT2D eigenvalue weighted by atomic mass is 9.99. The molecule has 0 spiro atoms. The standard InChI is InChI=1S/C27H22N2O4S/c1-15-11-12-19(14-16(15)2)29-22(20-10-7-13-33-20)21(24(31)27(29)32)23(30)25-17(3)28-26(34-25)18-8-5-4-6-9-18/h4-14,22,31H,1-3H3. The highest BCUT2D eigenvalue weighted by molar-refractivity contribution is 7.17. The number of anilines is 1. The van der Waals surface area contributed by atoms with Crippen molar-refractivity contribution in [3.63, 3.8) is 0 Å². The van der Waals surface area contributed by atoms with E-state index in [0.29, 0.717) is 27.0 Å². The Morgan fingerprint density at radius 2 is 1.79 bits per heavy atom. The molecule has 1 amide bonds. The number of aliphatic hydroxyl groups is 1. The zero-order valence-electron chi connectivity index (χ0n) is 18.9. The van der Waals surface area contributed by atoms with Crippen molar-refractivity contribution in [2.45, 2.75) is 26.8 Å². The lowest BCUT2D eigenvalue weighted by molar-refractivity contribution is -0.117. The number of furan rings is 1. The van der Waals surface area contributed by atoms with Gasteiger partial charge in [0.2, 0.25) is 5.78 Å². The van der Waals surface area contributed by atoms with E-state index in [4.69, 9.17) is 4.42 Å². The zero-order valence-corrected chi connectivity index (χ0v) is 19.7. The van der Waals surface area contributed by atoms with Gasteiger partial charge in [0.25, 0.3) is 5.91 Å². The zero-order chi connectivity index (χ0) is 24.0. The molecule has 0 saturated heterocycles. The van der Waals surface area contributed by atoms with Crippen molar-refractivity contribution in [1.29, 1.82) is 0 Å². The maximum atomic E-state index is 13.8. The number of Topliss-reactive ketones (excluding diaryl/α,β-unsaturated/α-hetero) is 1. The Kier molecular flexibility index (Phi) is 5.42. The Morgan fingerprint density at radius 1 is 1.03 bits per heavy atom. The van der Waals surface area contributed by atoms with E-state index < -0.39 is 23.5 Å². The van der Waals surface area contributed by atoms with Gasteiger partial charge in [-0.2, -0.15) is 0 Å². The van der Waals surface area contributed by atoms with Crippen LogP contribution in [0.4, 0.5) is 5.69 Å². The number of thiazole rings is 1. The summed E-state index contributed by atoms with van der Waals surface area (Å²) in [5, 5.41) is 11.6. The summed E-state index contributed by atoms with van der Waals surface area (Å²) < 4.78 is 5.64. The number of aliphatic hydroxyl groups excluding tert-OH is 1. The number of hydrogen-bond donors (Lipinski definition) is 1. The van der Waals surface area contributed by atoms with Crippen molar-refractivity contribution in [2.75, 3.05) is 4.90 Å². The van der Waals surface area contributed by atoms with Gasteiger partial charge in [-0.15, -0.1) is 11.3 Å². The Hall–Kier alpha value is -3.97. The predicted molar refractivity (Wildman–Crippen MR) is 131 cm³/mol. The summed E-state index contributed by atoms with van der Waals surface area (Å²) >= 11 is 1.25. The van der Waals surface area contributed by atoms with Gasteiger partial charge in [-0.1, -0.05) is 36.4 Å². The minimum atomic E-state index is -0.890. The number of nitrogens with zero attached hydrogens (tertiary/aromatic N) is 2. The number of carbonyl (C=O) groups excluding carboxylic acids is 2. The van der Waals surface area contributed by atoms with Gasteiger partial charge >= 0.3 is 0 Å². The van der Waals surface area contributed by atoms with Crippen LogP contribution in [0, 0.1) is 20.8 Å². The Bertz CT molecular complexity index is 1430. The van der Waals surface area contributed by atoms with Gasteiger partial charge in [-0.25, -0.2) is 4.98 Å². The van der Waals surface area contributed by atoms with Crippen LogP contribution in [0.5, 0.6) is 0 Å². The van der Waals surface area contributed by atoms with E-state index in [1.165, 1.54) is 22.5 Å². The highest BCUT2D eigenvalue weighted by Crippen LogP contribution is 2.43. The maximum absolute atomic E-state index is 13.8. The first kappa shape index (κ1) is 21.9. The van der Waals surface area contributed by atoms with Crippen molar-refractivity contribution in [2.24, 2.45) is 0 Å². The molecular formula is C27H22N2O4S. The Labute approximate surface area is 200 Å². The molecule has 7 heteroatoms. The molecular weight excluding hydrogens is 448 g/mol. The molecule has 6 nitrogen and oxygen atoms in total. The molecule has 170 valence electrons. The molecule has 5 rings (SSSR count). The summed E-state index contributed by atoms with van der Waals surface area (Å²) in [4.78, 5) is 33.5. The van der Waals surface area contributed by atoms with E-state index in [1.807, 2.05) is 62.4 Å². The molecule has 0 fully saturated rings. The highest BCUT2D eigenvalue weighted by Gasteiger charge is 2.46. The summed E-state index contributed by atoms with van der Waals surface area (Å²) in [7, 11) is 0. The van der Waals surface area contributed by atoms with Crippen molar-refractivity contribution >= 4 is 28.7 Å². The molecule has 2 aromatic carbocycles. The van der Waals surface area contributed by atoms with E-state index >= 15 is 0 Å². The third-order valence-electron chi connectivity index (χ3n) is 6.06. The quantitative estimate of drug-likeness (QED) is 0.356. The molecule has 1 aliphatic heterocycles. The van der Waals surface area contributed by atoms with Gasteiger partial charge in [0, 0.05) is 11.3 Å². The van der Waals surface area contributed by atoms with Crippen molar-refractivity contribution in [3.05, 3.63) is 106 Å². The minimum Gasteiger partial charge on any atom is -0.503 e. The van der Waals surface area contributed by atoms with E-state index in [2.05, 4.69) is 4.98 Å². The molecule has 0 aliphatic carbocycles. The molecule has 1 aliphatic rings. The Balaban J connectivity index is 1.61. The van der Waals surface area contributed by atoms with E-state index in [0.717, 1.165) is 16.7 Å². The number of amides is 1. The van der Waals surface area contributed by atoms with E-state index in [9.17, 15) is 14.7 Å². The first-order valence-electron chi connectivity index (χ1n) is 10.8. The lowest BCUT2D eigenvalue weighted by Crippen LogP contribution is -2.30. The normalized spacial score (nSPS) is 15.9. The van der Waals surface area contributed by atoms with Crippen molar-refractivity contribution in [3.8, 4) is 10.6 Å². The van der Waals surface area contributed by atoms with Gasteiger partial charge in [-0.3, -0.25) is 14.5 Å². The van der Waals surface area contributed by atoms with Gasteiger partial charge < -0.3 is 9.52 Å². The number of aromatic nitrogens is 1. The number of ketones is 1. The summed E-state index contributed by atoms with van der Waals surface area (Å²) in [5.74, 6) is -1.25. The molecule has 34 heavy (non-hydrogen) atoms. The SMILES string of the molecule is Cc1ccc(N2C(=O)C(O)=C(C(=O)c3sc(-c4ccccc4)nc3C)C2c2ccco2)cc1C. The average Bonchev–Trinajstić information content (AvgIpc) is 3.55. The first-order valence-corrected chi connectivity index (χ1v) is 11.6. The van der Waals surface area contributed by atoms with Crippen LogP contribution < -0.4 is 4.90 Å². The fourth-order valence-electron chi connectivity index (χ4n) is 4.13. The van der Waals surface area contributed by atoms with Crippen molar-refractivity contribution < 1.29 is 19.1 Å². The monoisotopic (exact) mass is 470 g/mol. The second-order valence-electron chi connectivity index (χ2n) is 8.25. The third kappa shape index (κ3) is 3.54. The number of benzene rings is 2. The van der Waals surface area contributed by atoms with Crippen molar-refractivity contribution in [1.82, 2.24) is 4.98 Å². The molecule has 1 unspecified atom stereocenters. The number of carbonyl (C=O) groups is 2. The molecule has 0 radical (unpaired) electrons. The van der Waals surface area contributed by atoms with Crippen LogP contribution in [0.2, 0.25) is 0 Å². The fourth-order valence-corrected chi connectivity index (χ4v) is 5.15. The van der Waals surface area contributed by atoms with Crippen LogP contribution in [0.3, 0.4) is 0 Å².